The Morgan fingerprint density at radius 2 is 1.33 bits per heavy atom. The first-order valence-corrected chi connectivity index (χ1v) is 26.2. The van der Waals surface area contributed by atoms with Crippen molar-refractivity contribution in [2.45, 2.75) is 142 Å². The number of carboxylic acid groups (broad SMARTS) is 1. The van der Waals surface area contributed by atoms with E-state index in [0.717, 1.165) is 0 Å². The average molecular weight is 1070 g/mol. The molecule has 3 aliphatic carbocycles. The highest BCUT2D eigenvalue weighted by molar-refractivity contribution is 5.95. The summed E-state index contributed by atoms with van der Waals surface area (Å²) in [6.45, 7) is 13.3. The van der Waals surface area contributed by atoms with E-state index in [2.05, 4.69) is 0 Å². The standard InChI is InChI=1S/C61H68O17/c1-35-44(74-55(68)50(75-56(69)72-32-36-20-12-9-13-21-36)41(38-24-16-11-17-25-38)29-47(65)78-58(2,3)4)31-60(7)53(77-54(67)40-27-19-18-26-39(40)28-46(63)64)49-42-34-71-43(42)30-45(62)61(49,8)52(66)51(48(35)59(60,5)6)76-57(70)73-33-37-22-14-10-15-23-37/h9-27,41-45,49-51,53,62H,28-34H2,1-8H3,(H,63,64). The molecule has 0 amide bonds. The van der Waals surface area contributed by atoms with Crippen LogP contribution in [0.2, 0.25) is 0 Å². The lowest BCUT2D eigenvalue weighted by Crippen LogP contribution is -2.72. The smallest absolute Gasteiger partial charge is 0.481 e. The lowest BCUT2D eigenvalue weighted by molar-refractivity contribution is -0.263. The number of aliphatic carboxylic acids is 1. The van der Waals surface area contributed by atoms with E-state index in [4.69, 9.17) is 37.9 Å². The third kappa shape index (κ3) is 11.7. The van der Waals surface area contributed by atoms with E-state index in [1.807, 2.05) is 6.92 Å². The normalized spacial score (nSPS) is 26.8. The second kappa shape index (κ2) is 22.9. The number of aliphatic hydroxyl groups is 1. The van der Waals surface area contributed by atoms with Gasteiger partial charge in [0.15, 0.2) is 11.9 Å². The molecule has 4 aromatic carbocycles. The molecule has 78 heavy (non-hydrogen) atoms. The van der Waals surface area contributed by atoms with Crippen LogP contribution < -0.4 is 0 Å². The van der Waals surface area contributed by atoms with Crippen molar-refractivity contribution in [1.29, 1.82) is 0 Å². The van der Waals surface area contributed by atoms with Crippen molar-refractivity contribution >= 4 is 42.0 Å². The van der Waals surface area contributed by atoms with Crippen molar-refractivity contribution in [1.82, 2.24) is 0 Å². The second-order valence-electron chi connectivity index (χ2n) is 22.7. The molecular weight excluding hydrogens is 1000 g/mol. The Labute approximate surface area is 453 Å². The maximum absolute atomic E-state index is 16.0. The highest BCUT2D eigenvalue weighted by Gasteiger charge is 2.72. The summed E-state index contributed by atoms with van der Waals surface area (Å²) in [5.41, 5.74) is -3.31. The molecule has 4 aliphatic rings. The summed E-state index contributed by atoms with van der Waals surface area (Å²) in [6, 6.07) is 32.2. The summed E-state index contributed by atoms with van der Waals surface area (Å²) in [6.07, 6.45) is -11.9. The SMILES string of the molecule is CC1=C2C(OC(=O)OCc3ccccc3)C(=O)C3(C)C(O)CC4OCC4C3C(OC(=O)c3ccccc3CC(=O)O)C(C)(CC1OC(=O)C(OC(=O)OCc1ccccc1)C(CC(=O)OC(C)(C)C)c1ccccc1)C2(C)C. The van der Waals surface area contributed by atoms with Crippen LogP contribution in [0.15, 0.2) is 126 Å². The second-order valence-corrected chi connectivity index (χ2v) is 22.7. The first kappa shape index (κ1) is 56.8. The van der Waals surface area contributed by atoms with Crippen molar-refractivity contribution in [2.75, 3.05) is 6.61 Å². The summed E-state index contributed by atoms with van der Waals surface area (Å²) in [4.78, 5) is 100. The quantitative estimate of drug-likeness (QED) is 0.0604. The van der Waals surface area contributed by atoms with Gasteiger partial charge in [-0.05, 0) is 85.9 Å². The number of fused-ring (bicyclic) bond motifs is 5. The number of rotatable bonds is 16. The van der Waals surface area contributed by atoms with Gasteiger partial charge in [-0.25, -0.2) is 19.2 Å². The van der Waals surface area contributed by atoms with Crippen LogP contribution in [0.3, 0.4) is 0 Å². The van der Waals surface area contributed by atoms with E-state index < -0.39 is 131 Å². The first-order chi connectivity index (χ1) is 36.9. The van der Waals surface area contributed by atoms with Gasteiger partial charge in [0.25, 0.3) is 0 Å². The van der Waals surface area contributed by atoms with E-state index in [1.54, 1.807) is 152 Å². The Morgan fingerprint density at radius 3 is 1.91 bits per heavy atom. The predicted octanol–water partition coefficient (Wildman–Crippen LogP) is 9.45. The number of hydrogen-bond donors (Lipinski definition) is 2. The van der Waals surface area contributed by atoms with Gasteiger partial charge >= 0.3 is 36.2 Å². The van der Waals surface area contributed by atoms with Crippen LogP contribution in [-0.4, -0.2) is 101 Å². The zero-order valence-corrected chi connectivity index (χ0v) is 45.1. The van der Waals surface area contributed by atoms with E-state index >= 15 is 9.59 Å². The average Bonchev–Trinajstić information content (AvgIpc) is 3.26. The van der Waals surface area contributed by atoms with Crippen LogP contribution in [0.25, 0.3) is 0 Å². The zero-order chi connectivity index (χ0) is 56.3. The van der Waals surface area contributed by atoms with Crippen LogP contribution in [0.1, 0.15) is 113 Å². The Kier molecular flexibility index (Phi) is 16.7. The molecule has 11 unspecified atom stereocenters. The van der Waals surface area contributed by atoms with Gasteiger partial charge in [0.05, 0.1) is 42.6 Å². The predicted molar refractivity (Wildman–Crippen MR) is 279 cm³/mol. The largest absolute Gasteiger partial charge is 0.509 e. The van der Waals surface area contributed by atoms with Gasteiger partial charge < -0.3 is 48.1 Å². The summed E-state index contributed by atoms with van der Waals surface area (Å²) >= 11 is 0. The van der Waals surface area contributed by atoms with Crippen LogP contribution in [0.4, 0.5) is 9.59 Å². The van der Waals surface area contributed by atoms with E-state index in [1.165, 1.54) is 12.1 Å². The number of esters is 3. The number of ketones is 1. The summed E-state index contributed by atoms with van der Waals surface area (Å²) in [5, 5.41) is 22.2. The molecule has 4 aromatic rings. The molecular formula is C61H68O17. The van der Waals surface area contributed by atoms with Crippen molar-refractivity contribution in [3.05, 3.63) is 154 Å². The molecule has 2 saturated carbocycles. The highest BCUT2D eigenvalue weighted by Crippen LogP contribution is 2.66. The fourth-order valence-corrected chi connectivity index (χ4v) is 12.0. The van der Waals surface area contributed by atoms with Crippen LogP contribution >= 0.6 is 0 Å². The number of Topliss-reactive ketones (excluding diaryl/α,β-unsaturated/α-hetero) is 1. The minimum absolute atomic E-state index is 0.0239. The number of carboxylic acids is 1. The van der Waals surface area contributed by atoms with E-state index in [9.17, 15) is 34.2 Å². The molecule has 1 heterocycles. The Morgan fingerprint density at radius 1 is 0.756 bits per heavy atom. The third-order valence-corrected chi connectivity index (χ3v) is 16.4. The minimum Gasteiger partial charge on any atom is -0.481 e. The van der Waals surface area contributed by atoms with Crippen molar-refractivity contribution in [3.8, 4) is 0 Å². The number of ether oxygens (including phenoxy) is 8. The molecule has 2 bridgehead atoms. The third-order valence-electron chi connectivity index (χ3n) is 16.4. The van der Waals surface area contributed by atoms with Gasteiger partial charge in [0.2, 0.25) is 6.10 Å². The molecule has 11 atom stereocenters. The van der Waals surface area contributed by atoms with Gasteiger partial charge in [-0.15, -0.1) is 0 Å². The molecule has 17 heteroatoms. The molecule has 0 spiro atoms. The van der Waals surface area contributed by atoms with Crippen molar-refractivity contribution in [2.24, 2.45) is 28.1 Å². The van der Waals surface area contributed by atoms with E-state index in [-0.39, 0.29) is 54.9 Å². The fraction of sp³-hybridized carbons (Fsp3) is 0.459. The Bertz CT molecular complexity index is 2910. The monoisotopic (exact) mass is 1070 g/mol. The summed E-state index contributed by atoms with van der Waals surface area (Å²) in [7, 11) is 0. The van der Waals surface area contributed by atoms with Gasteiger partial charge in [0.1, 0.15) is 31.0 Å². The fourth-order valence-electron chi connectivity index (χ4n) is 12.0. The summed E-state index contributed by atoms with van der Waals surface area (Å²) in [5.74, 6) is -7.47. The Hall–Kier alpha value is -7.37. The van der Waals surface area contributed by atoms with Gasteiger partial charge in [-0.3, -0.25) is 14.4 Å². The highest BCUT2D eigenvalue weighted by atomic mass is 16.7. The maximum Gasteiger partial charge on any atom is 0.509 e. The maximum atomic E-state index is 16.0. The molecule has 8 rings (SSSR count). The lowest BCUT2D eigenvalue weighted by Gasteiger charge is -2.65. The lowest BCUT2D eigenvalue weighted by atomic mass is 9.43. The number of aliphatic hydroxyl groups excluding tert-OH is 1. The molecule has 1 saturated heterocycles. The molecule has 2 N–H and O–H groups in total. The number of carbonyl (C=O) groups is 7. The van der Waals surface area contributed by atoms with Crippen molar-refractivity contribution < 1.29 is 81.7 Å². The van der Waals surface area contributed by atoms with Gasteiger partial charge in [-0.1, -0.05) is 130 Å². The van der Waals surface area contributed by atoms with Gasteiger partial charge in [0, 0.05) is 29.6 Å². The molecule has 17 nitrogen and oxygen atoms in total. The first-order valence-electron chi connectivity index (χ1n) is 26.2. The van der Waals surface area contributed by atoms with Crippen LogP contribution in [-0.2, 0) is 76.7 Å². The van der Waals surface area contributed by atoms with Crippen LogP contribution in [0.5, 0.6) is 0 Å². The van der Waals surface area contributed by atoms with Crippen LogP contribution in [0, 0.1) is 28.1 Å². The zero-order valence-electron chi connectivity index (χ0n) is 45.1. The van der Waals surface area contributed by atoms with Gasteiger partial charge in [-0.2, -0.15) is 0 Å². The minimum atomic E-state index is -1.88. The number of benzene rings is 4. The molecule has 414 valence electrons. The van der Waals surface area contributed by atoms with E-state index in [0.29, 0.717) is 16.7 Å². The number of carbonyl (C=O) groups excluding carboxylic acids is 6. The summed E-state index contributed by atoms with van der Waals surface area (Å²) < 4.78 is 48.5. The van der Waals surface area contributed by atoms with Crippen molar-refractivity contribution in [3.63, 3.8) is 0 Å². The topological polar surface area (TPSA) is 234 Å². The molecule has 0 radical (unpaired) electrons. The Balaban J connectivity index is 1.27. The molecule has 0 aromatic heterocycles. The molecule has 3 fully saturated rings. The number of hydrogen-bond acceptors (Lipinski definition) is 16. The molecule has 1 aliphatic heterocycles.